The Balaban J connectivity index is 1.80. The van der Waals surface area contributed by atoms with Crippen molar-refractivity contribution in [2.45, 2.75) is 20.8 Å². The van der Waals surface area contributed by atoms with Crippen LogP contribution >= 0.6 is 0 Å². The highest BCUT2D eigenvalue weighted by Gasteiger charge is 2.16. The van der Waals surface area contributed by atoms with E-state index in [4.69, 9.17) is 10.3 Å². The maximum absolute atomic E-state index is 11.0. The molecule has 0 unspecified atom stereocenters. The molecule has 10 heteroatoms. The van der Waals surface area contributed by atoms with Crippen LogP contribution in [0.3, 0.4) is 0 Å². The third-order valence-electron chi connectivity index (χ3n) is 3.85. The highest BCUT2D eigenvalue weighted by Crippen LogP contribution is 2.30. The molecule has 0 aliphatic rings. The lowest BCUT2D eigenvalue weighted by Crippen LogP contribution is -2.13. The highest BCUT2D eigenvalue weighted by atomic mass is 16.6. The molecule has 0 fully saturated rings. The fourth-order valence-corrected chi connectivity index (χ4v) is 2.43. The second kappa shape index (κ2) is 6.67. The van der Waals surface area contributed by atoms with E-state index in [9.17, 15) is 10.1 Å². The number of anilines is 1. The van der Waals surface area contributed by atoms with Crippen LogP contribution < -0.4 is 11.3 Å². The van der Waals surface area contributed by atoms with Crippen LogP contribution in [-0.4, -0.2) is 26.0 Å². The van der Waals surface area contributed by atoms with Gasteiger partial charge >= 0.3 is 0 Å². The van der Waals surface area contributed by atoms with Crippen molar-refractivity contribution in [2.24, 2.45) is 5.10 Å². The van der Waals surface area contributed by atoms with E-state index in [1.54, 1.807) is 45.0 Å². The molecule has 0 atom stereocenters. The van der Waals surface area contributed by atoms with Crippen LogP contribution in [0.4, 0.5) is 11.6 Å². The summed E-state index contributed by atoms with van der Waals surface area (Å²) in [6.07, 6.45) is 1.47. The minimum Gasteiger partial charge on any atom is -0.455 e. The number of nitrogens with two attached hydrogens (primary N) is 1. The summed E-state index contributed by atoms with van der Waals surface area (Å²) in [4.78, 5) is 10.6. The minimum atomic E-state index is -0.393. The molecule has 0 aliphatic carbocycles. The molecule has 0 aliphatic heterocycles. The van der Waals surface area contributed by atoms with Crippen LogP contribution in [0.2, 0.25) is 0 Å². The zero-order valence-electron chi connectivity index (χ0n) is 14.4. The molecule has 3 rings (SSSR count). The van der Waals surface area contributed by atoms with E-state index in [1.807, 2.05) is 0 Å². The van der Waals surface area contributed by atoms with Crippen LogP contribution in [0.1, 0.15) is 22.7 Å². The summed E-state index contributed by atoms with van der Waals surface area (Å²) in [5.41, 5.74) is 4.87. The molecule has 0 saturated heterocycles. The lowest BCUT2D eigenvalue weighted by molar-refractivity contribution is -0.385. The third-order valence-corrected chi connectivity index (χ3v) is 3.85. The zero-order valence-corrected chi connectivity index (χ0v) is 14.4. The van der Waals surface area contributed by atoms with Crippen molar-refractivity contribution in [2.75, 3.05) is 11.3 Å². The van der Waals surface area contributed by atoms with E-state index in [0.717, 1.165) is 11.1 Å². The number of nitrogen functional groups attached to an aromatic ring is 1. The van der Waals surface area contributed by atoms with Crippen LogP contribution in [0.5, 0.6) is 0 Å². The fourth-order valence-electron chi connectivity index (χ4n) is 2.43. The maximum Gasteiger partial charge on any atom is 0.272 e. The van der Waals surface area contributed by atoms with Crippen molar-refractivity contribution in [1.29, 1.82) is 0 Å². The van der Waals surface area contributed by atoms with Crippen molar-refractivity contribution in [3.8, 4) is 11.3 Å². The van der Waals surface area contributed by atoms with Gasteiger partial charge in [-0.15, -0.1) is 10.2 Å². The monoisotopic (exact) mass is 355 g/mol. The van der Waals surface area contributed by atoms with Gasteiger partial charge in [-0.2, -0.15) is 5.10 Å². The Kier molecular flexibility index (Phi) is 4.40. The standard InChI is InChI=1S/C16H17N7O3/c1-9-7-14(23(24)25)10(2)6-13(9)15-5-4-12(26-15)8-18-20-16-21-19-11(3)22(16)17/h4-8H,17H2,1-3H3,(H,20,21)/b18-8-. The predicted molar refractivity (Wildman–Crippen MR) is 96.4 cm³/mol. The first kappa shape index (κ1) is 17.1. The molecule has 0 saturated carbocycles. The average molecular weight is 355 g/mol. The second-order valence-electron chi connectivity index (χ2n) is 5.72. The van der Waals surface area contributed by atoms with E-state index in [-0.39, 0.29) is 5.69 Å². The van der Waals surface area contributed by atoms with Crippen LogP contribution in [-0.2, 0) is 0 Å². The summed E-state index contributed by atoms with van der Waals surface area (Å²) in [6, 6.07) is 6.81. The summed E-state index contributed by atoms with van der Waals surface area (Å²) in [5.74, 6) is 7.66. The Morgan fingerprint density at radius 2 is 2.04 bits per heavy atom. The molecular weight excluding hydrogens is 338 g/mol. The summed E-state index contributed by atoms with van der Waals surface area (Å²) < 4.78 is 7.02. The van der Waals surface area contributed by atoms with Gasteiger partial charge in [0.2, 0.25) is 0 Å². The highest BCUT2D eigenvalue weighted by molar-refractivity contribution is 5.78. The smallest absolute Gasteiger partial charge is 0.272 e. The molecule has 1 aromatic carbocycles. The first-order valence-electron chi connectivity index (χ1n) is 7.69. The summed E-state index contributed by atoms with van der Waals surface area (Å²) in [6.45, 7) is 5.21. The van der Waals surface area contributed by atoms with Crippen molar-refractivity contribution in [3.05, 3.63) is 57.1 Å². The first-order valence-corrected chi connectivity index (χ1v) is 7.69. The molecule has 2 heterocycles. The SMILES string of the molecule is Cc1cc([N+](=O)[O-])c(C)cc1-c1ccc(/C=N\Nc2nnc(C)n2N)o1. The van der Waals surface area contributed by atoms with Gasteiger partial charge in [0, 0.05) is 17.2 Å². The number of hydrazone groups is 1. The van der Waals surface area contributed by atoms with Gasteiger partial charge in [-0.05, 0) is 44.5 Å². The normalized spacial score (nSPS) is 11.2. The van der Waals surface area contributed by atoms with Gasteiger partial charge < -0.3 is 10.3 Å². The summed E-state index contributed by atoms with van der Waals surface area (Å²) >= 11 is 0. The quantitative estimate of drug-likeness (QED) is 0.310. The van der Waals surface area contributed by atoms with Crippen LogP contribution in [0, 0.1) is 30.9 Å². The second-order valence-corrected chi connectivity index (χ2v) is 5.72. The fraction of sp³-hybridized carbons (Fsp3) is 0.188. The number of nitrogens with zero attached hydrogens (tertiary/aromatic N) is 5. The van der Waals surface area contributed by atoms with Crippen LogP contribution in [0.25, 0.3) is 11.3 Å². The molecule has 3 aromatic rings. The Morgan fingerprint density at radius 1 is 1.27 bits per heavy atom. The Bertz CT molecular complexity index is 1000. The molecular formula is C16H17N7O3. The van der Waals surface area contributed by atoms with Crippen LogP contribution in [0.15, 0.2) is 33.8 Å². The number of rotatable bonds is 5. The topological polar surface area (TPSA) is 137 Å². The van der Waals surface area contributed by atoms with Gasteiger partial charge in [-0.1, -0.05) is 0 Å². The molecule has 26 heavy (non-hydrogen) atoms. The zero-order chi connectivity index (χ0) is 18.8. The van der Waals surface area contributed by atoms with Crippen molar-refractivity contribution in [3.63, 3.8) is 0 Å². The van der Waals surface area contributed by atoms with E-state index in [1.165, 1.54) is 10.9 Å². The van der Waals surface area contributed by atoms with Gasteiger partial charge in [0.05, 0.1) is 11.1 Å². The number of aromatic nitrogens is 3. The Hall–Kier alpha value is -3.69. The van der Waals surface area contributed by atoms with Gasteiger partial charge in [0.1, 0.15) is 11.5 Å². The third kappa shape index (κ3) is 3.24. The van der Waals surface area contributed by atoms with E-state index in [0.29, 0.717) is 28.9 Å². The van der Waals surface area contributed by atoms with E-state index < -0.39 is 4.92 Å². The molecule has 3 N–H and O–H groups in total. The molecule has 10 nitrogen and oxygen atoms in total. The van der Waals surface area contributed by atoms with E-state index >= 15 is 0 Å². The van der Waals surface area contributed by atoms with Crippen molar-refractivity contribution < 1.29 is 9.34 Å². The molecule has 0 amide bonds. The number of aryl methyl sites for hydroxylation is 3. The van der Waals surface area contributed by atoms with E-state index in [2.05, 4.69) is 20.7 Å². The molecule has 134 valence electrons. The lowest BCUT2D eigenvalue weighted by atomic mass is 10.0. The van der Waals surface area contributed by atoms with Gasteiger partial charge in [-0.25, -0.2) is 10.1 Å². The van der Waals surface area contributed by atoms with Crippen molar-refractivity contribution in [1.82, 2.24) is 14.9 Å². The number of nitro benzene ring substituents is 1. The Morgan fingerprint density at radius 3 is 2.69 bits per heavy atom. The molecule has 2 aromatic heterocycles. The molecule has 0 radical (unpaired) electrons. The maximum atomic E-state index is 11.0. The number of hydrogen-bond acceptors (Lipinski definition) is 8. The number of nitrogens with one attached hydrogen (secondary N) is 1. The summed E-state index contributed by atoms with van der Waals surface area (Å²) in [7, 11) is 0. The molecule has 0 bridgehead atoms. The minimum absolute atomic E-state index is 0.0879. The molecule has 0 spiro atoms. The Labute approximate surface area is 148 Å². The summed E-state index contributed by atoms with van der Waals surface area (Å²) in [5, 5.41) is 22.7. The largest absolute Gasteiger partial charge is 0.455 e. The van der Waals surface area contributed by atoms with Gasteiger partial charge in [0.15, 0.2) is 5.82 Å². The lowest BCUT2D eigenvalue weighted by Gasteiger charge is -2.05. The van der Waals surface area contributed by atoms with Gasteiger partial charge in [0.25, 0.3) is 11.6 Å². The number of furan rings is 1. The average Bonchev–Trinajstić information content (AvgIpc) is 3.18. The number of benzene rings is 1. The predicted octanol–water partition coefficient (Wildman–Crippen LogP) is 2.53. The first-order chi connectivity index (χ1) is 12.4. The number of hydrogen-bond donors (Lipinski definition) is 2. The van der Waals surface area contributed by atoms with Gasteiger partial charge in [-0.3, -0.25) is 10.1 Å². The number of nitro groups is 1. The van der Waals surface area contributed by atoms with Crippen molar-refractivity contribution >= 4 is 17.9 Å².